The Balaban J connectivity index is 1.32. The largest absolute Gasteiger partial charge is 0.494 e. The number of carbonyl (C=O) groups excluding carboxylic acids is 3. The molecule has 6 heteroatoms. The van der Waals surface area contributed by atoms with E-state index in [4.69, 9.17) is 4.74 Å². The van der Waals surface area contributed by atoms with Gasteiger partial charge in [-0.15, -0.1) is 0 Å². The van der Waals surface area contributed by atoms with Crippen molar-refractivity contribution >= 4 is 23.4 Å². The first-order valence-corrected chi connectivity index (χ1v) is 11.7. The molecular formula is C27H26N2O4. The van der Waals surface area contributed by atoms with Gasteiger partial charge in [-0.2, -0.15) is 0 Å². The average molecular weight is 443 g/mol. The van der Waals surface area contributed by atoms with Crippen LogP contribution in [0.4, 0.5) is 5.69 Å². The third-order valence-electron chi connectivity index (χ3n) is 7.76. The maximum Gasteiger partial charge on any atom is 0.259 e. The van der Waals surface area contributed by atoms with Crippen molar-refractivity contribution in [3.05, 3.63) is 72.3 Å². The number of amides is 3. The van der Waals surface area contributed by atoms with Crippen molar-refractivity contribution in [2.45, 2.75) is 13.3 Å². The summed E-state index contributed by atoms with van der Waals surface area (Å²) >= 11 is 0. The number of nitrogens with zero attached hydrogens (tertiary/aromatic N) is 2. The first kappa shape index (κ1) is 20.2. The SMILES string of the molecule is CCOc1ccc(N(CN2C(=O)[C@H]3[C@@H]4C=C[C@H]([C@H]5C[C@H]45)[C@@H]3C2=O)C(=O)c2ccccc2)cc1. The van der Waals surface area contributed by atoms with Crippen molar-refractivity contribution in [3.63, 3.8) is 0 Å². The minimum absolute atomic E-state index is 0.0822. The van der Waals surface area contributed by atoms with Gasteiger partial charge in [0, 0.05) is 11.3 Å². The van der Waals surface area contributed by atoms with Crippen LogP contribution in [0.15, 0.2) is 66.7 Å². The highest BCUT2D eigenvalue weighted by Gasteiger charge is 2.67. The third-order valence-corrected chi connectivity index (χ3v) is 7.76. The number of anilines is 1. The molecule has 33 heavy (non-hydrogen) atoms. The van der Waals surface area contributed by atoms with Gasteiger partial charge in [0.05, 0.1) is 18.4 Å². The molecule has 0 N–H and O–H groups in total. The highest BCUT2D eigenvalue weighted by Crippen LogP contribution is 2.65. The Labute approximate surface area is 192 Å². The predicted molar refractivity (Wildman–Crippen MR) is 122 cm³/mol. The Kier molecular flexibility index (Phi) is 4.64. The highest BCUT2D eigenvalue weighted by atomic mass is 16.5. The first-order valence-electron chi connectivity index (χ1n) is 11.7. The summed E-state index contributed by atoms with van der Waals surface area (Å²) in [6.45, 7) is 2.38. The number of hydrogen-bond acceptors (Lipinski definition) is 4. The van der Waals surface area contributed by atoms with Gasteiger partial charge >= 0.3 is 0 Å². The second kappa shape index (κ2) is 7.58. The molecule has 3 fully saturated rings. The maximum absolute atomic E-state index is 13.5. The summed E-state index contributed by atoms with van der Waals surface area (Å²) in [5, 5.41) is 0. The molecule has 2 bridgehead atoms. The van der Waals surface area contributed by atoms with Gasteiger partial charge in [-0.05, 0) is 73.4 Å². The third kappa shape index (κ3) is 3.11. The van der Waals surface area contributed by atoms with E-state index in [0.717, 1.165) is 6.42 Å². The van der Waals surface area contributed by atoms with E-state index in [9.17, 15) is 14.4 Å². The van der Waals surface area contributed by atoms with E-state index < -0.39 is 0 Å². The number of likely N-dealkylation sites (tertiary alicyclic amines) is 1. The molecule has 4 aliphatic carbocycles. The van der Waals surface area contributed by atoms with Crippen molar-refractivity contribution in [2.24, 2.45) is 35.5 Å². The lowest BCUT2D eigenvalue weighted by molar-refractivity contribution is -0.140. The number of rotatable bonds is 6. The number of benzene rings is 2. The van der Waals surface area contributed by atoms with Gasteiger partial charge in [-0.3, -0.25) is 24.2 Å². The lowest BCUT2D eigenvalue weighted by Gasteiger charge is -2.37. The summed E-state index contributed by atoms with van der Waals surface area (Å²) < 4.78 is 5.53. The zero-order chi connectivity index (χ0) is 22.7. The van der Waals surface area contributed by atoms with Gasteiger partial charge in [0.25, 0.3) is 5.91 Å². The van der Waals surface area contributed by atoms with Gasteiger partial charge in [-0.1, -0.05) is 30.4 Å². The summed E-state index contributed by atoms with van der Waals surface area (Å²) in [4.78, 5) is 43.3. The van der Waals surface area contributed by atoms with Crippen LogP contribution in [0.5, 0.6) is 5.75 Å². The molecule has 0 radical (unpaired) electrons. The Hall–Kier alpha value is -3.41. The lowest BCUT2D eigenvalue weighted by atomic mass is 9.63. The van der Waals surface area contributed by atoms with E-state index in [2.05, 4.69) is 12.2 Å². The molecule has 0 spiro atoms. The minimum Gasteiger partial charge on any atom is -0.494 e. The van der Waals surface area contributed by atoms with E-state index >= 15 is 0 Å². The van der Waals surface area contributed by atoms with Crippen LogP contribution >= 0.6 is 0 Å². The molecule has 0 unspecified atom stereocenters. The normalized spacial score (nSPS) is 30.8. The molecule has 6 atom stereocenters. The van der Waals surface area contributed by atoms with E-state index in [1.165, 1.54) is 9.80 Å². The summed E-state index contributed by atoms with van der Waals surface area (Å²) in [6.07, 6.45) is 5.45. The quantitative estimate of drug-likeness (QED) is 0.505. The molecule has 0 aromatic heterocycles. The maximum atomic E-state index is 13.5. The Morgan fingerprint density at radius 2 is 1.55 bits per heavy atom. The van der Waals surface area contributed by atoms with E-state index in [1.807, 2.05) is 13.0 Å². The molecule has 2 aromatic rings. The number of hydrogen-bond donors (Lipinski definition) is 0. The van der Waals surface area contributed by atoms with Crippen molar-refractivity contribution in [1.82, 2.24) is 4.90 Å². The predicted octanol–water partition coefficient (Wildman–Crippen LogP) is 3.74. The summed E-state index contributed by atoms with van der Waals surface area (Å²) in [6, 6.07) is 16.1. The summed E-state index contributed by atoms with van der Waals surface area (Å²) in [5.74, 6) is 1.06. The monoisotopic (exact) mass is 442 g/mol. The number of imide groups is 1. The molecule has 5 aliphatic rings. The molecule has 1 heterocycles. The molecule has 1 aliphatic heterocycles. The summed E-state index contributed by atoms with van der Waals surface area (Å²) in [5.41, 5.74) is 1.12. The van der Waals surface area contributed by atoms with Crippen LogP contribution in [0.1, 0.15) is 23.7 Å². The topological polar surface area (TPSA) is 66.9 Å². The van der Waals surface area contributed by atoms with Gasteiger partial charge in [0.15, 0.2) is 0 Å². The van der Waals surface area contributed by atoms with Crippen LogP contribution in [0.2, 0.25) is 0 Å². The fourth-order valence-electron chi connectivity index (χ4n) is 6.19. The molecule has 6 nitrogen and oxygen atoms in total. The van der Waals surface area contributed by atoms with E-state index in [1.54, 1.807) is 48.5 Å². The number of ether oxygens (including phenoxy) is 1. The Morgan fingerprint density at radius 1 is 0.939 bits per heavy atom. The number of carbonyl (C=O) groups is 3. The van der Waals surface area contributed by atoms with Crippen LogP contribution in [0.25, 0.3) is 0 Å². The highest BCUT2D eigenvalue weighted by molar-refractivity contribution is 6.09. The van der Waals surface area contributed by atoms with Crippen molar-refractivity contribution in [2.75, 3.05) is 18.2 Å². The zero-order valence-electron chi connectivity index (χ0n) is 18.5. The van der Waals surface area contributed by atoms with Crippen LogP contribution in [0.3, 0.4) is 0 Å². The van der Waals surface area contributed by atoms with Gasteiger partial charge in [0.2, 0.25) is 11.8 Å². The lowest BCUT2D eigenvalue weighted by Crippen LogP contribution is -2.45. The smallest absolute Gasteiger partial charge is 0.259 e. The van der Waals surface area contributed by atoms with E-state index in [-0.39, 0.29) is 48.1 Å². The van der Waals surface area contributed by atoms with Crippen LogP contribution in [0, 0.1) is 35.5 Å². The zero-order valence-corrected chi connectivity index (χ0v) is 18.5. The molecule has 1 saturated heterocycles. The van der Waals surface area contributed by atoms with Crippen molar-refractivity contribution in [3.8, 4) is 5.75 Å². The molecule has 2 saturated carbocycles. The Morgan fingerprint density at radius 3 is 2.12 bits per heavy atom. The molecule has 3 amide bonds. The van der Waals surface area contributed by atoms with Gasteiger partial charge in [0.1, 0.15) is 12.4 Å². The average Bonchev–Trinajstić information content (AvgIpc) is 3.63. The van der Waals surface area contributed by atoms with Crippen LogP contribution in [-0.2, 0) is 9.59 Å². The molecule has 7 rings (SSSR count). The second-order valence-electron chi connectivity index (χ2n) is 9.43. The first-order chi connectivity index (χ1) is 16.1. The van der Waals surface area contributed by atoms with Crippen molar-refractivity contribution < 1.29 is 19.1 Å². The molecular weight excluding hydrogens is 416 g/mol. The molecule has 168 valence electrons. The summed E-state index contributed by atoms with van der Waals surface area (Å²) in [7, 11) is 0. The van der Waals surface area contributed by atoms with Crippen LogP contribution in [-0.4, -0.2) is 35.9 Å². The van der Waals surface area contributed by atoms with Gasteiger partial charge < -0.3 is 4.74 Å². The number of allylic oxidation sites excluding steroid dienone is 2. The fourth-order valence-corrected chi connectivity index (χ4v) is 6.19. The standard InChI is InChI=1S/C27H26N2O4/c1-2-33-18-10-8-17(9-11-18)28(25(30)16-6-4-3-5-7-16)15-29-26(31)23-19-12-13-20(22-14-21(19)22)24(23)27(29)32/h3-13,19-24H,2,14-15H2,1H3/t19-,20-,21-,22-,23+,24+/m1/s1. The molecule has 2 aromatic carbocycles. The van der Waals surface area contributed by atoms with Crippen LogP contribution < -0.4 is 9.64 Å². The van der Waals surface area contributed by atoms with Gasteiger partial charge in [-0.25, -0.2) is 0 Å². The second-order valence-corrected chi connectivity index (χ2v) is 9.43. The van der Waals surface area contributed by atoms with E-state index in [0.29, 0.717) is 35.4 Å². The van der Waals surface area contributed by atoms with Crippen molar-refractivity contribution in [1.29, 1.82) is 0 Å². The minimum atomic E-state index is -0.273. The fraction of sp³-hybridized carbons (Fsp3) is 0.370. The Bertz CT molecular complexity index is 1110.